The largest absolute Gasteiger partial charge is 0.444 e. The van der Waals surface area contributed by atoms with Crippen molar-refractivity contribution < 1.29 is 56.3 Å². The molecule has 65 heavy (non-hydrogen) atoms. The summed E-state index contributed by atoms with van der Waals surface area (Å²) in [5.41, 5.74) is 0.721. The number of benzene rings is 2. The van der Waals surface area contributed by atoms with Crippen LogP contribution in [-0.2, 0) is 50.1 Å². The van der Waals surface area contributed by atoms with Crippen LogP contribution in [0.3, 0.4) is 0 Å². The molecule has 4 N–H and O–H groups in total. The van der Waals surface area contributed by atoms with Gasteiger partial charge in [0.25, 0.3) is 10.1 Å². The third-order valence-corrected chi connectivity index (χ3v) is 13.6. The van der Waals surface area contributed by atoms with E-state index in [9.17, 15) is 42.0 Å². The van der Waals surface area contributed by atoms with Gasteiger partial charge in [-0.25, -0.2) is 4.79 Å². The van der Waals surface area contributed by atoms with Gasteiger partial charge in [-0.2, -0.15) is 8.42 Å². The van der Waals surface area contributed by atoms with E-state index in [0.29, 0.717) is 31.4 Å². The molecule has 0 bridgehead atoms. The SMILES string of the molecule is CC[C@H](C)[C@@H]([C@@H](CC(=O)N1CCC[C@H]1[C@H](OC)[C@@H](C)C(=O)N[C@H](C)[C@@H](O)c1ccccc1)OC)N(C)C(=O)[C@@H](NC(=O)[C@H](C(C)C)N(C)C(=O)OCc1ccccc1S(=O)(=O)O)C(C)C. The monoisotopic (exact) mass is 931 g/mol. The third-order valence-electron chi connectivity index (χ3n) is 12.7. The number of likely N-dealkylation sites (tertiary alicyclic amines) is 1. The lowest BCUT2D eigenvalue weighted by molar-refractivity contribution is -0.148. The quantitative estimate of drug-likeness (QED) is 0.110. The second-order valence-corrected chi connectivity index (χ2v) is 19.3. The molecule has 1 heterocycles. The van der Waals surface area contributed by atoms with Gasteiger partial charge in [0.1, 0.15) is 23.6 Å². The molecule has 1 aliphatic rings. The van der Waals surface area contributed by atoms with Crippen molar-refractivity contribution in [1.29, 1.82) is 0 Å². The summed E-state index contributed by atoms with van der Waals surface area (Å²) >= 11 is 0. The van der Waals surface area contributed by atoms with Crippen molar-refractivity contribution in [2.45, 2.75) is 141 Å². The molecule has 0 spiro atoms. The van der Waals surface area contributed by atoms with Crippen LogP contribution in [0.25, 0.3) is 0 Å². The number of hydrogen-bond acceptors (Lipinski definition) is 11. The molecule has 0 aliphatic carbocycles. The first-order valence-electron chi connectivity index (χ1n) is 22.4. The van der Waals surface area contributed by atoms with Gasteiger partial charge < -0.3 is 39.8 Å². The van der Waals surface area contributed by atoms with Crippen molar-refractivity contribution >= 4 is 39.8 Å². The minimum absolute atomic E-state index is 0.0448. The molecule has 5 amide bonds. The minimum atomic E-state index is -4.59. The molecule has 364 valence electrons. The van der Waals surface area contributed by atoms with E-state index in [1.54, 1.807) is 65.6 Å². The summed E-state index contributed by atoms with van der Waals surface area (Å²) < 4.78 is 50.7. The standard InChI is InChI=1S/C47H73N5O12S/c1-13-30(6)41(36(62-11)26-38(53)52-25-19-23-35(52)43(63-12)31(7)44(55)48-32(8)42(54)33-20-15-14-16-21-33)50(9)46(57)39(28(2)3)49-45(56)40(29(4)5)51(10)47(58)64-27-34-22-17-18-24-37(34)65(59,60)61/h14-18,20-22,24,28-32,35-36,39-43,54H,13,19,23,25-27H2,1-12H3,(H,48,55)(H,49,56)(H,59,60,61)/t30-,31+,32+,35-,36+,39-,40-,41-,42+,43+/m0/s1. The molecule has 0 radical (unpaired) electrons. The fourth-order valence-corrected chi connectivity index (χ4v) is 9.52. The van der Waals surface area contributed by atoms with Crippen LogP contribution in [0.15, 0.2) is 59.5 Å². The summed E-state index contributed by atoms with van der Waals surface area (Å²) in [7, 11) is 1.41. The molecule has 0 saturated carbocycles. The van der Waals surface area contributed by atoms with Crippen molar-refractivity contribution in [2.24, 2.45) is 23.7 Å². The Kier molecular flexibility index (Phi) is 20.9. The van der Waals surface area contributed by atoms with Gasteiger partial charge in [-0.1, -0.05) is 103 Å². The summed E-state index contributed by atoms with van der Waals surface area (Å²) in [6, 6.07) is 10.8. The van der Waals surface area contributed by atoms with Crippen molar-refractivity contribution in [3.8, 4) is 0 Å². The number of amides is 5. The Hall–Kier alpha value is -4.62. The molecular weight excluding hydrogens is 859 g/mol. The van der Waals surface area contributed by atoms with E-state index in [1.165, 1.54) is 50.4 Å². The average molecular weight is 932 g/mol. The lowest BCUT2D eigenvalue weighted by atomic mass is 9.89. The van der Waals surface area contributed by atoms with Crippen LogP contribution < -0.4 is 10.6 Å². The molecule has 0 aromatic heterocycles. The van der Waals surface area contributed by atoms with Crippen LogP contribution in [0.5, 0.6) is 0 Å². The Morgan fingerprint density at radius 3 is 2.02 bits per heavy atom. The molecule has 1 saturated heterocycles. The van der Waals surface area contributed by atoms with Crippen LogP contribution in [0, 0.1) is 23.7 Å². The molecule has 1 fully saturated rings. The number of rotatable bonds is 23. The fraction of sp³-hybridized carbons (Fsp3) is 0.638. The molecule has 17 nitrogen and oxygen atoms in total. The Labute approximate surface area is 385 Å². The number of aliphatic hydroxyl groups is 1. The zero-order chi connectivity index (χ0) is 48.9. The predicted octanol–water partition coefficient (Wildman–Crippen LogP) is 4.83. The second-order valence-electron chi connectivity index (χ2n) is 17.9. The summed E-state index contributed by atoms with van der Waals surface area (Å²) in [6.45, 7) is 14.4. The molecule has 0 unspecified atom stereocenters. The van der Waals surface area contributed by atoms with Gasteiger partial charge in [0.2, 0.25) is 23.6 Å². The lowest BCUT2D eigenvalue weighted by Crippen LogP contribution is -2.60. The second kappa shape index (κ2) is 24.8. The molecule has 10 atom stereocenters. The molecule has 3 rings (SSSR count). The highest BCUT2D eigenvalue weighted by Crippen LogP contribution is 2.30. The molecule has 18 heteroatoms. The van der Waals surface area contributed by atoms with Gasteiger partial charge in [-0.3, -0.25) is 28.6 Å². The van der Waals surface area contributed by atoms with Gasteiger partial charge in [0.15, 0.2) is 0 Å². The van der Waals surface area contributed by atoms with Crippen molar-refractivity contribution in [3.05, 3.63) is 65.7 Å². The molecule has 2 aromatic carbocycles. The molecule has 2 aromatic rings. The number of nitrogens with one attached hydrogen (secondary N) is 2. The van der Waals surface area contributed by atoms with Crippen molar-refractivity contribution in [3.63, 3.8) is 0 Å². The van der Waals surface area contributed by atoms with Gasteiger partial charge in [0, 0.05) is 40.4 Å². The number of likely N-dealkylation sites (N-methyl/N-ethyl adjacent to an activating group) is 2. The van der Waals surface area contributed by atoms with E-state index < -0.39 is 106 Å². The normalized spacial score (nSPS) is 18.4. The first-order valence-corrected chi connectivity index (χ1v) is 23.9. The van der Waals surface area contributed by atoms with E-state index in [4.69, 9.17) is 14.2 Å². The maximum Gasteiger partial charge on any atom is 0.410 e. The van der Waals surface area contributed by atoms with Gasteiger partial charge in [0.05, 0.1) is 48.8 Å². The van der Waals surface area contributed by atoms with Crippen LogP contribution in [0.4, 0.5) is 4.79 Å². The van der Waals surface area contributed by atoms with E-state index >= 15 is 0 Å². The highest BCUT2D eigenvalue weighted by molar-refractivity contribution is 7.85. The Morgan fingerprint density at radius 2 is 1.46 bits per heavy atom. The summed E-state index contributed by atoms with van der Waals surface area (Å²) in [6.07, 6.45) is -1.39. The number of ether oxygens (including phenoxy) is 3. The van der Waals surface area contributed by atoms with E-state index in [2.05, 4.69) is 10.6 Å². The fourth-order valence-electron chi connectivity index (χ4n) is 8.81. The van der Waals surface area contributed by atoms with E-state index in [0.717, 1.165) is 4.90 Å². The molecular formula is C47H73N5O12S. The predicted molar refractivity (Wildman–Crippen MR) is 245 cm³/mol. The van der Waals surface area contributed by atoms with E-state index in [-0.39, 0.29) is 29.7 Å². The Bertz CT molecular complexity index is 2000. The van der Waals surface area contributed by atoms with Crippen LogP contribution in [-0.4, -0.2) is 140 Å². The first kappa shape index (κ1) is 54.7. The van der Waals surface area contributed by atoms with Gasteiger partial charge in [-0.15, -0.1) is 0 Å². The Morgan fingerprint density at radius 1 is 0.846 bits per heavy atom. The van der Waals surface area contributed by atoms with Crippen molar-refractivity contribution in [1.82, 2.24) is 25.3 Å². The van der Waals surface area contributed by atoms with Crippen LogP contribution >= 0.6 is 0 Å². The lowest BCUT2D eigenvalue weighted by Gasteiger charge is -2.41. The smallest absolute Gasteiger partial charge is 0.410 e. The van der Waals surface area contributed by atoms with Crippen LogP contribution in [0.2, 0.25) is 0 Å². The number of aliphatic hydroxyl groups excluding tert-OH is 1. The summed E-state index contributed by atoms with van der Waals surface area (Å²) in [5, 5.41) is 16.7. The topological polar surface area (TPSA) is 221 Å². The first-order chi connectivity index (χ1) is 30.5. The minimum Gasteiger partial charge on any atom is -0.444 e. The Balaban J connectivity index is 1.77. The zero-order valence-electron chi connectivity index (χ0n) is 40.1. The van der Waals surface area contributed by atoms with E-state index in [1.807, 2.05) is 32.0 Å². The highest BCUT2D eigenvalue weighted by atomic mass is 32.2. The number of hydrogen-bond donors (Lipinski definition) is 4. The number of carbonyl (C=O) groups is 5. The highest BCUT2D eigenvalue weighted by Gasteiger charge is 2.44. The number of nitrogens with zero attached hydrogens (tertiary/aromatic N) is 3. The van der Waals surface area contributed by atoms with Gasteiger partial charge in [-0.05, 0) is 49.1 Å². The summed E-state index contributed by atoms with van der Waals surface area (Å²) in [5.74, 6) is -3.25. The maximum absolute atomic E-state index is 14.5. The number of carbonyl (C=O) groups excluding carboxylic acids is 5. The summed E-state index contributed by atoms with van der Waals surface area (Å²) in [4.78, 5) is 73.7. The van der Waals surface area contributed by atoms with Crippen molar-refractivity contribution in [2.75, 3.05) is 34.9 Å². The number of methoxy groups -OCH3 is 2. The zero-order valence-corrected chi connectivity index (χ0v) is 40.9. The third kappa shape index (κ3) is 14.2. The maximum atomic E-state index is 14.5. The molecule has 1 aliphatic heterocycles. The van der Waals surface area contributed by atoms with Crippen LogP contribution in [0.1, 0.15) is 98.3 Å². The van der Waals surface area contributed by atoms with Gasteiger partial charge >= 0.3 is 6.09 Å². The average Bonchev–Trinajstić information content (AvgIpc) is 3.76.